The van der Waals surface area contributed by atoms with Gasteiger partial charge < -0.3 is 5.32 Å². The fourth-order valence-electron chi connectivity index (χ4n) is 1.93. The van der Waals surface area contributed by atoms with Crippen molar-refractivity contribution >= 4 is 21.4 Å². The van der Waals surface area contributed by atoms with Crippen LogP contribution < -0.4 is 10.6 Å². The molecule has 1 aliphatic heterocycles. The molecule has 0 saturated carbocycles. The van der Waals surface area contributed by atoms with Gasteiger partial charge in [-0.15, -0.1) is 0 Å². The van der Waals surface area contributed by atoms with Crippen LogP contribution >= 0.6 is 0 Å². The van der Waals surface area contributed by atoms with Crippen molar-refractivity contribution in [3.63, 3.8) is 0 Å². The number of carbonyl (C=O) groups excluding carboxylic acids is 1. The minimum Gasteiger partial charge on any atom is -0.323 e. The highest BCUT2D eigenvalue weighted by Gasteiger charge is 2.24. The minimum absolute atomic E-state index is 0.158. The van der Waals surface area contributed by atoms with Crippen LogP contribution in [0.3, 0.4) is 0 Å². The smallest absolute Gasteiger partial charge is 0.245 e. The lowest BCUT2D eigenvalue weighted by Gasteiger charge is -2.15. The maximum atomic E-state index is 12.3. The Bertz CT molecular complexity index is 636. The quantitative estimate of drug-likeness (QED) is 0.822. The van der Waals surface area contributed by atoms with E-state index >= 15 is 0 Å². The number of para-hydroxylation sites is 1. The molecule has 0 radical (unpaired) electrons. The van der Waals surface area contributed by atoms with Crippen molar-refractivity contribution in [3.05, 3.63) is 36.4 Å². The Labute approximate surface area is 119 Å². The second-order valence-corrected chi connectivity index (χ2v) is 7.37. The van der Waals surface area contributed by atoms with Crippen LogP contribution in [0.2, 0.25) is 0 Å². The van der Waals surface area contributed by atoms with Crippen molar-refractivity contribution in [3.8, 4) is 0 Å². The summed E-state index contributed by atoms with van der Waals surface area (Å²) in [6, 6.07) is 6.06. The van der Waals surface area contributed by atoms with E-state index in [4.69, 9.17) is 0 Å². The molecule has 0 aliphatic carbocycles. The molecule has 1 atom stereocenters. The highest BCUT2D eigenvalue weighted by atomic mass is 32.2. The van der Waals surface area contributed by atoms with E-state index in [0.29, 0.717) is 12.2 Å². The Morgan fingerprint density at radius 1 is 1.35 bits per heavy atom. The lowest BCUT2D eigenvalue weighted by Crippen LogP contribution is -2.36. The molecule has 2 rings (SSSR count). The van der Waals surface area contributed by atoms with Gasteiger partial charge in [-0.05, 0) is 26.0 Å². The first kappa shape index (κ1) is 14.7. The molecular weight excluding hydrogens is 276 g/mol. The van der Waals surface area contributed by atoms with Crippen molar-refractivity contribution in [2.75, 3.05) is 11.9 Å². The van der Waals surface area contributed by atoms with Crippen LogP contribution in [0.15, 0.2) is 41.3 Å². The molecule has 6 heteroatoms. The Morgan fingerprint density at radius 2 is 2.05 bits per heavy atom. The molecular formula is C14H18N2O3S. The number of carbonyl (C=O) groups is 1. The van der Waals surface area contributed by atoms with Crippen molar-refractivity contribution in [1.82, 2.24) is 5.32 Å². The normalized spacial score (nSPS) is 18.4. The minimum atomic E-state index is -3.43. The first-order valence-electron chi connectivity index (χ1n) is 6.47. The highest BCUT2D eigenvalue weighted by molar-refractivity contribution is 7.92. The van der Waals surface area contributed by atoms with Crippen LogP contribution in [0.1, 0.15) is 13.8 Å². The molecule has 0 spiro atoms. The van der Waals surface area contributed by atoms with Crippen LogP contribution in [-0.2, 0) is 14.6 Å². The van der Waals surface area contributed by atoms with Crippen LogP contribution in [0.25, 0.3) is 0 Å². The topological polar surface area (TPSA) is 75.3 Å². The number of hydrogen-bond acceptors (Lipinski definition) is 4. The average molecular weight is 294 g/mol. The number of nitrogens with one attached hydrogen (secondary N) is 2. The molecule has 1 aromatic rings. The third-order valence-corrected chi connectivity index (χ3v) is 5.35. The van der Waals surface area contributed by atoms with Gasteiger partial charge in [-0.2, -0.15) is 0 Å². The summed E-state index contributed by atoms with van der Waals surface area (Å²) in [7, 11) is -3.43. The van der Waals surface area contributed by atoms with Crippen molar-refractivity contribution < 1.29 is 13.2 Å². The number of rotatable bonds is 4. The molecule has 1 aliphatic rings. The van der Waals surface area contributed by atoms with E-state index in [-0.39, 0.29) is 10.8 Å². The summed E-state index contributed by atoms with van der Waals surface area (Å²) in [6.45, 7) is 3.88. The molecule has 5 nitrogen and oxygen atoms in total. The van der Waals surface area contributed by atoms with E-state index in [1.54, 1.807) is 38.1 Å². The van der Waals surface area contributed by atoms with E-state index < -0.39 is 21.1 Å². The second kappa shape index (κ2) is 5.76. The summed E-state index contributed by atoms with van der Waals surface area (Å²) in [5, 5.41) is 5.13. The molecule has 108 valence electrons. The number of anilines is 1. The first-order valence-corrected chi connectivity index (χ1v) is 8.01. The van der Waals surface area contributed by atoms with Gasteiger partial charge in [0.1, 0.15) is 6.04 Å². The van der Waals surface area contributed by atoms with E-state index in [1.165, 1.54) is 6.07 Å². The Hall–Kier alpha value is -1.66. The molecule has 1 aromatic carbocycles. The fraction of sp³-hybridized carbons (Fsp3) is 0.357. The molecule has 1 heterocycles. The standard InChI is InChI=1S/C14H18N2O3S/c1-10(2)20(18,19)13-8-4-3-6-11(13)16-14(17)12-7-5-9-15-12/h3-8,10,12,15H,9H2,1-2H3,(H,16,17)/t12-/m0/s1. The molecule has 0 fully saturated rings. The van der Waals surface area contributed by atoms with Crippen LogP contribution in [-0.4, -0.2) is 32.2 Å². The number of amides is 1. The van der Waals surface area contributed by atoms with Gasteiger partial charge in [-0.25, -0.2) is 8.42 Å². The SMILES string of the molecule is CC(C)S(=O)(=O)c1ccccc1NC(=O)[C@@H]1C=CCN1. The Balaban J connectivity index is 2.29. The predicted molar refractivity (Wildman–Crippen MR) is 78.3 cm³/mol. The number of sulfone groups is 1. The van der Waals surface area contributed by atoms with E-state index in [2.05, 4.69) is 10.6 Å². The summed E-state index contributed by atoms with van der Waals surface area (Å²) in [6.07, 6.45) is 3.62. The third kappa shape index (κ3) is 2.91. The second-order valence-electron chi connectivity index (χ2n) is 4.89. The Morgan fingerprint density at radius 3 is 2.65 bits per heavy atom. The van der Waals surface area contributed by atoms with Gasteiger partial charge in [0.05, 0.1) is 15.8 Å². The van der Waals surface area contributed by atoms with E-state index in [0.717, 1.165) is 0 Å². The molecule has 2 N–H and O–H groups in total. The summed E-state index contributed by atoms with van der Waals surface area (Å²) in [5.74, 6) is -0.259. The van der Waals surface area contributed by atoms with Crippen LogP contribution in [0, 0.1) is 0 Å². The van der Waals surface area contributed by atoms with Gasteiger partial charge in [0, 0.05) is 6.54 Å². The van der Waals surface area contributed by atoms with Gasteiger partial charge in [0.2, 0.25) is 5.91 Å². The number of hydrogen-bond donors (Lipinski definition) is 2. The molecule has 20 heavy (non-hydrogen) atoms. The predicted octanol–water partition coefficient (Wildman–Crippen LogP) is 1.34. The summed E-state index contributed by atoms with van der Waals surface area (Å²) < 4.78 is 24.5. The maximum absolute atomic E-state index is 12.3. The largest absolute Gasteiger partial charge is 0.323 e. The van der Waals surface area contributed by atoms with Gasteiger partial charge in [0.25, 0.3) is 0 Å². The summed E-state index contributed by atoms with van der Waals surface area (Å²) in [5.41, 5.74) is 0.327. The average Bonchev–Trinajstić information content (AvgIpc) is 2.93. The van der Waals surface area contributed by atoms with Gasteiger partial charge in [0.15, 0.2) is 9.84 Å². The zero-order valence-electron chi connectivity index (χ0n) is 11.5. The van der Waals surface area contributed by atoms with Crippen molar-refractivity contribution in [1.29, 1.82) is 0 Å². The summed E-state index contributed by atoms with van der Waals surface area (Å²) in [4.78, 5) is 12.2. The van der Waals surface area contributed by atoms with Crippen molar-refractivity contribution in [2.45, 2.75) is 30.0 Å². The van der Waals surface area contributed by atoms with E-state index in [9.17, 15) is 13.2 Å². The van der Waals surface area contributed by atoms with E-state index in [1.807, 2.05) is 6.08 Å². The lowest BCUT2D eigenvalue weighted by molar-refractivity contribution is -0.116. The molecule has 0 saturated heterocycles. The van der Waals surface area contributed by atoms with Crippen molar-refractivity contribution in [2.24, 2.45) is 0 Å². The fourth-order valence-corrected chi connectivity index (χ4v) is 3.13. The monoisotopic (exact) mass is 294 g/mol. The third-order valence-electron chi connectivity index (χ3n) is 3.14. The molecule has 0 bridgehead atoms. The first-order chi connectivity index (χ1) is 9.43. The Kier molecular flexibility index (Phi) is 4.25. The highest BCUT2D eigenvalue weighted by Crippen LogP contribution is 2.25. The molecule has 0 unspecified atom stereocenters. The lowest BCUT2D eigenvalue weighted by atomic mass is 10.2. The molecule has 1 amide bonds. The zero-order valence-corrected chi connectivity index (χ0v) is 12.3. The van der Waals surface area contributed by atoms with Gasteiger partial charge in [-0.3, -0.25) is 10.1 Å². The molecule has 0 aromatic heterocycles. The van der Waals surface area contributed by atoms with Crippen LogP contribution in [0.5, 0.6) is 0 Å². The maximum Gasteiger partial charge on any atom is 0.245 e. The van der Waals surface area contributed by atoms with Gasteiger partial charge >= 0.3 is 0 Å². The zero-order chi connectivity index (χ0) is 14.8. The number of benzene rings is 1. The summed E-state index contributed by atoms with van der Waals surface area (Å²) >= 11 is 0. The van der Waals surface area contributed by atoms with Crippen LogP contribution in [0.4, 0.5) is 5.69 Å². The van der Waals surface area contributed by atoms with Gasteiger partial charge in [-0.1, -0.05) is 24.3 Å².